The van der Waals surface area contributed by atoms with Gasteiger partial charge in [0.25, 0.3) is 0 Å². The van der Waals surface area contributed by atoms with Crippen molar-refractivity contribution in [1.82, 2.24) is 0 Å². The molecule has 2 atom stereocenters. The third kappa shape index (κ3) is 4.81. The third-order valence-corrected chi connectivity index (χ3v) is 3.38. The van der Waals surface area contributed by atoms with Crippen molar-refractivity contribution in [3.05, 3.63) is 35.9 Å². The number of aliphatic carboxylic acids is 1. The fourth-order valence-electron chi connectivity index (χ4n) is 2.19. The second kappa shape index (κ2) is 8.77. The van der Waals surface area contributed by atoms with Gasteiger partial charge in [-0.1, -0.05) is 50.6 Å². The summed E-state index contributed by atoms with van der Waals surface area (Å²) >= 11 is 0. The number of hydrogen-bond donors (Lipinski definition) is 2. The average molecular weight is 296 g/mol. The van der Waals surface area contributed by atoms with Crippen LogP contribution in [0.3, 0.4) is 0 Å². The Balaban J connectivity index is 2.84. The molecule has 0 aromatic heterocycles. The molecule has 0 fully saturated rings. The molecule has 118 valence electrons. The van der Waals surface area contributed by atoms with Crippen molar-refractivity contribution in [3.8, 4) is 0 Å². The van der Waals surface area contributed by atoms with Crippen LogP contribution in [0.25, 0.3) is 0 Å². The molecule has 2 N–H and O–H groups in total. The molecule has 0 amide bonds. The second-order valence-corrected chi connectivity index (χ2v) is 5.23. The molecule has 1 rings (SSSR count). The van der Waals surface area contributed by atoms with Gasteiger partial charge in [0.2, 0.25) is 5.60 Å². The summed E-state index contributed by atoms with van der Waals surface area (Å²) < 4.78 is 0. The van der Waals surface area contributed by atoms with Crippen molar-refractivity contribution in [2.45, 2.75) is 38.7 Å². The molecule has 0 aliphatic carbocycles. The summed E-state index contributed by atoms with van der Waals surface area (Å²) in [4.78, 5) is 22.2. The lowest BCUT2D eigenvalue weighted by Gasteiger charge is -2.28. The molecule has 1 aromatic rings. The van der Waals surface area contributed by atoms with E-state index in [1.54, 1.807) is 30.3 Å². The molecule has 21 heavy (non-hydrogen) atoms. The molecule has 0 spiro atoms. The topological polar surface area (TPSA) is 76.0 Å². The molecule has 0 radical (unpaired) electrons. The van der Waals surface area contributed by atoms with Gasteiger partial charge in [-0.3, -0.25) is 0 Å². The quantitative estimate of drug-likeness (QED) is 0.513. The van der Waals surface area contributed by atoms with Gasteiger partial charge in [-0.2, -0.15) is 0 Å². The molecule has 2 unspecified atom stereocenters. The lowest BCUT2D eigenvalue weighted by molar-refractivity contribution is -0.366. The Labute approximate surface area is 125 Å². The van der Waals surface area contributed by atoms with Crippen LogP contribution in [-0.2, 0) is 20.2 Å². The van der Waals surface area contributed by atoms with Crippen LogP contribution in [-0.4, -0.2) is 29.4 Å². The van der Waals surface area contributed by atoms with Crippen LogP contribution in [0.4, 0.5) is 0 Å². The number of carbonyl (C=O) groups is 1. The predicted molar refractivity (Wildman–Crippen MR) is 78.6 cm³/mol. The Hall–Kier alpha value is -1.43. The van der Waals surface area contributed by atoms with E-state index in [2.05, 4.69) is 6.92 Å². The molecule has 0 heterocycles. The molecule has 5 heteroatoms. The van der Waals surface area contributed by atoms with Gasteiger partial charge in [-0.15, -0.1) is 0 Å². The highest BCUT2D eigenvalue weighted by molar-refractivity contribution is 5.79. The smallest absolute Gasteiger partial charge is 0.344 e. The maximum absolute atomic E-state index is 11.7. The normalized spacial score (nSPS) is 15.4. The van der Waals surface area contributed by atoms with Gasteiger partial charge in [-0.05, 0) is 17.9 Å². The van der Waals surface area contributed by atoms with Gasteiger partial charge in [-0.25, -0.2) is 14.6 Å². The Morgan fingerprint density at radius 1 is 1.33 bits per heavy atom. The molecular formula is C16H24O5. The van der Waals surface area contributed by atoms with Gasteiger partial charge in [0.05, 0.1) is 6.61 Å². The number of aliphatic hydroxyl groups excluding tert-OH is 1. The van der Waals surface area contributed by atoms with Crippen molar-refractivity contribution < 1.29 is 24.8 Å². The van der Waals surface area contributed by atoms with Crippen LogP contribution < -0.4 is 0 Å². The summed E-state index contributed by atoms with van der Waals surface area (Å²) in [5.41, 5.74) is -1.23. The van der Waals surface area contributed by atoms with Crippen LogP contribution >= 0.6 is 0 Å². The molecule has 0 bridgehead atoms. The molecule has 0 saturated heterocycles. The minimum Gasteiger partial charge on any atom is -0.479 e. The first-order valence-corrected chi connectivity index (χ1v) is 7.27. The van der Waals surface area contributed by atoms with E-state index >= 15 is 0 Å². The molecular weight excluding hydrogens is 272 g/mol. The lowest BCUT2D eigenvalue weighted by Crippen LogP contribution is -2.40. The van der Waals surface area contributed by atoms with E-state index in [0.717, 1.165) is 12.8 Å². The standard InChI is InChI=1S/C16H24O5/c1-3-7-13(2)12-20-21-16(10-11-17,15(18)19)14-8-5-4-6-9-14/h4-6,8-9,13,17H,3,7,10-12H2,1-2H3,(H,18,19). The van der Waals surface area contributed by atoms with Crippen LogP contribution in [0.2, 0.25) is 0 Å². The Morgan fingerprint density at radius 3 is 2.52 bits per heavy atom. The third-order valence-electron chi connectivity index (χ3n) is 3.38. The maximum atomic E-state index is 11.7. The summed E-state index contributed by atoms with van der Waals surface area (Å²) in [5, 5.41) is 18.8. The minimum atomic E-state index is -1.68. The maximum Gasteiger partial charge on any atom is 0.344 e. The van der Waals surface area contributed by atoms with Crippen molar-refractivity contribution >= 4 is 5.97 Å². The van der Waals surface area contributed by atoms with Gasteiger partial charge >= 0.3 is 5.97 Å². The SMILES string of the molecule is CCCC(C)COOC(CCO)(C(=O)O)c1ccccc1. The van der Waals surface area contributed by atoms with Crippen LogP contribution in [0.15, 0.2) is 30.3 Å². The molecule has 0 saturated carbocycles. The van der Waals surface area contributed by atoms with E-state index in [4.69, 9.17) is 9.78 Å². The predicted octanol–water partition coefficient (Wildman–Crippen LogP) is 2.73. The second-order valence-electron chi connectivity index (χ2n) is 5.23. The van der Waals surface area contributed by atoms with E-state index in [1.807, 2.05) is 6.92 Å². The van der Waals surface area contributed by atoms with E-state index < -0.39 is 11.6 Å². The van der Waals surface area contributed by atoms with Crippen molar-refractivity contribution in [2.75, 3.05) is 13.2 Å². The Bertz CT molecular complexity index is 420. The van der Waals surface area contributed by atoms with Crippen molar-refractivity contribution in [3.63, 3.8) is 0 Å². The lowest BCUT2D eigenvalue weighted by atomic mass is 9.91. The summed E-state index contributed by atoms with van der Waals surface area (Å²) in [6.07, 6.45) is 1.94. The number of carboxylic acids is 1. The van der Waals surface area contributed by atoms with E-state index in [1.165, 1.54) is 0 Å². The number of hydrogen-bond acceptors (Lipinski definition) is 4. The molecule has 1 aromatic carbocycles. The zero-order valence-corrected chi connectivity index (χ0v) is 12.6. The fourth-order valence-corrected chi connectivity index (χ4v) is 2.19. The Morgan fingerprint density at radius 2 is 2.00 bits per heavy atom. The van der Waals surface area contributed by atoms with Crippen LogP contribution in [0, 0.1) is 5.92 Å². The molecule has 0 aliphatic rings. The van der Waals surface area contributed by atoms with Gasteiger partial charge in [0, 0.05) is 13.0 Å². The zero-order valence-electron chi connectivity index (χ0n) is 12.6. The van der Waals surface area contributed by atoms with Crippen LogP contribution in [0.5, 0.6) is 0 Å². The van der Waals surface area contributed by atoms with E-state index in [0.29, 0.717) is 12.2 Å². The first-order valence-electron chi connectivity index (χ1n) is 7.27. The van der Waals surface area contributed by atoms with Crippen molar-refractivity contribution in [2.24, 2.45) is 5.92 Å². The number of benzene rings is 1. The van der Waals surface area contributed by atoms with E-state index in [9.17, 15) is 15.0 Å². The zero-order chi connectivity index (χ0) is 15.7. The number of carboxylic acid groups (broad SMARTS) is 1. The first kappa shape index (κ1) is 17.6. The highest BCUT2D eigenvalue weighted by Crippen LogP contribution is 2.30. The molecule has 0 aliphatic heterocycles. The van der Waals surface area contributed by atoms with Crippen molar-refractivity contribution in [1.29, 1.82) is 0 Å². The Kier molecular flexibility index (Phi) is 7.36. The first-order chi connectivity index (χ1) is 10.1. The van der Waals surface area contributed by atoms with Gasteiger partial charge < -0.3 is 10.2 Å². The fraction of sp³-hybridized carbons (Fsp3) is 0.562. The highest BCUT2D eigenvalue weighted by atomic mass is 17.2. The summed E-state index contributed by atoms with van der Waals surface area (Å²) in [6, 6.07) is 8.56. The van der Waals surface area contributed by atoms with E-state index in [-0.39, 0.29) is 18.9 Å². The van der Waals surface area contributed by atoms with Gasteiger partial charge in [0.15, 0.2) is 0 Å². The summed E-state index contributed by atoms with van der Waals surface area (Å²) in [6.45, 7) is 4.11. The number of rotatable bonds is 10. The largest absolute Gasteiger partial charge is 0.479 e. The monoisotopic (exact) mass is 296 g/mol. The molecule has 5 nitrogen and oxygen atoms in total. The number of aliphatic hydroxyl groups is 1. The van der Waals surface area contributed by atoms with Gasteiger partial charge in [0.1, 0.15) is 0 Å². The summed E-state index contributed by atoms with van der Waals surface area (Å²) in [5.74, 6) is -0.891. The summed E-state index contributed by atoms with van der Waals surface area (Å²) in [7, 11) is 0. The average Bonchev–Trinajstić information content (AvgIpc) is 2.47. The minimum absolute atomic E-state index is 0.0749. The van der Waals surface area contributed by atoms with Crippen LogP contribution in [0.1, 0.15) is 38.7 Å². The highest BCUT2D eigenvalue weighted by Gasteiger charge is 2.43.